The molecule has 0 amide bonds. The first-order valence-corrected chi connectivity index (χ1v) is 13.7. The summed E-state index contributed by atoms with van der Waals surface area (Å²) in [5.74, 6) is -5.26. The first kappa shape index (κ1) is 31.8. The number of hydrogen-bond acceptors (Lipinski definition) is 14. The average Bonchev–Trinajstić information content (AvgIpc) is 3.28. The largest absolute Gasteiger partial charge is 0.543 e. The average molecular weight is 631 g/mol. The summed E-state index contributed by atoms with van der Waals surface area (Å²) in [7, 11) is -5.19. The van der Waals surface area contributed by atoms with Gasteiger partial charge in [0.05, 0.1) is 12.7 Å². The molecule has 1 saturated heterocycles. The van der Waals surface area contributed by atoms with E-state index >= 15 is 0 Å². The number of hydrogen-bond donors (Lipinski definition) is 8. The second kappa shape index (κ2) is 12.2. The van der Waals surface area contributed by atoms with E-state index in [1.807, 2.05) is 0 Å². The summed E-state index contributed by atoms with van der Waals surface area (Å²) in [6.07, 6.45) is -6.06. The second-order valence-electron chi connectivity index (χ2n) is 9.70. The number of aliphatic carboxylic acids is 3. The van der Waals surface area contributed by atoms with Crippen molar-refractivity contribution < 1.29 is 81.3 Å². The van der Waals surface area contributed by atoms with Crippen molar-refractivity contribution in [2.45, 2.75) is 55.6 Å². The molecule has 3 aliphatic rings. The minimum atomic E-state index is -5.19. The number of benzene rings is 1. The topological polar surface area (TPSA) is 293 Å². The van der Waals surface area contributed by atoms with E-state index in [2.05, 4.69) is 9.50 Å². The summed E-state index contributed by atoms with van der Waals surface area (Å²) in [6.45, 7) is -0.894. The SMILES string of the molecule is O=C(O)C1=C/C(=C/C=[N+]2c3cc(O)c(O[C@@H]4O[C@H](CO)[C@H](O)[C@H](OS(=O)(=O)O)[C@H]4O)cc3CC2C(=O)[O-])CC(C(=O)O)N1. The standard InChI is InChI=1S/C24H26N2O16S/c27-8-17-18(29)20(42-43(37,38)39)19(30)24(41-17)40-16-6-10-5-14(23(35)36)26(13(10)7-15(16)28)2-1-9-3-11(21(31)32)25-12(4-9)22(33)34/h1-3,6-7,12,14,17-20,24,27,29-30H,4-5,8H2,(H5,28,31,32,33,34,35,36,37,38,39)/t12?,14?,17-,18+,19-,20+,24-/m1/s1. The van der Waals surface area contributed by atoms with Gasteiger partial charge in [0.15, 0.2) is 17.7 Å². The van der Waals surface area contributed by atoms with Crippen molar-refractivity contribution >= 4 is 40.2 Å². The van der Waals surface area contributed by atoms with Gasteiger partial charge in [-0.05, 0) is 17.7 Å². The molecular weight excluding hydrogens is 604 g/mol. The Balaban J connectivity index is 1.66. The van der Waals surface area contributed by atoms with Crippen molar-refractivity contribution in [1.82, 2.24) is 5.32 Å². The molecular formula is C24H26N2O16S. The molecule has 8 N–H and O–H groups in total. The molecule has 0 spiro atoms. The van der Waals surface area contributed by atoms with Gasteiger partial charge in [0.1, 0.15) is 42.1 Å². The third-order valence-corrected chi connectivity index (χ3v) is 7.30. The van der Waals surface area contributed by atoms with Gasteiger partial charge >= 0.3 is 22.3 Å². The molecule has 0 radical (unpaired) electrons. The van der Waals surface area contributed by atoms with Gasteiger partial charge in [-0.1, -0.05) is 0 Å². The highest BCUT2D eigenvalue weighted by atomic mass is 32.3. The molecule has 0 saturated carbocycles. The first-order valence-electron chi connectivity index (χ1n) is 12.4. The van der Waals surface area contributed by atoms with Crippen LogP contribution in [0.2, 0.25) is 0 Å². The number of rotatable bonds is 9. The molecule has 7 atom stereocenters. The number of ether oxygens (including phenoxy) is 2. The van der Waals surface area contributed by atoms with Crippen molar-refractivity contribution in [2.75, 3.05) is 6.61 Å². The summed E-state index contributed by atoms with van der Waals surface area (Å²) in [5, 5.41) is 73.8. The maximum atomic E-state index is 11.9. The fourth-order valence-electron chi connectivity index (χ4n) is 4.81. The lowest BCUT2D eigenvalue weighted by molar-refractivity contribution is -0.475. The molecule has 3 heterocycles. The fourth-order valence-corrected chi connectivity index (χ4v) is 5.32. The summed E-state index contributed by atoms with van der Waals surface area (Å²) in [6, 6.07) is -0.320. The van der Waals surface area contributed by atoms with Crippen LogP contribution >= 0.6 is 0 Å². The smallest absolute Gasteiger partial charge is 0.397 e. The van der Waals surface area contributed by atoms with E-state index in [1.54, 1.807) is 0 Å². The van der Waals surface area contributed by atoms with Crippen LogP contribution in [-0.2, 0) is 40.1 Å². The highest BCUT2D eigenvalue weighted by Crippen LogP contribution is 2.40. The van der Waals surface area contributed by atoms with Gasteiger partial charge in [0.2, 0.25) is 18.0 Å². The Bertz CT molecular complexity index is 1520. The summed E-state index contributed by atoms with van der Waals surface area (Å²) >= 11 is 0. The number of nitrogens with zero attached hydrogens (tertiary/aromatic N) is 1. The van der Waals surface area contributed by atoms with Crippen LogP contribution in [0, 0.1) is 0 Å². The molecule has 2 unspecified atom stereocenters. The van der Waals surface area contributed by atoms with Crippen molar-refractivity contribution in [3.05, 3.63) is 41.1 Å². The van der Waals surface area contributed by atoms with E-state index < -0.39 is 89.2 Å². The Morgan fingerprint density at radius 3 is 2.44 bits per heavy atom. The third kappa shape index (κ3) is 6.94. The molecule has 0 aliphatic carbocycles. The number of aliphatic hydroxyl groups is 3. The van der Waals surface area contributed by atoms with Crippen LogP contribution in [0.15, 0.2) is 35.6 Å². The first-order chi connectivity index (χ1) is 20.1. The van der Waals surface area contributed by atoms with Crippen LogP contribution in [-0.4, -0.2) is 122 Å². The van der Waals surface area contributed by atoms with Crippen molar-refractivity contribution in [3.8, 4) is 11.5 Å². The Kier molecular flexibility index (Phi) is 9.06. The van der Waals surface area contributed by atoms with E-state index in [4.69, 9.17) is 14.0 Å². The van der Waals surface area contributed by atoms with Gasteiger partial charge in [0.25, 0.3) is 0 Å². The molecule has 1 aromatic rings. The van der Waals surface area contributed by atoms with Gasteiger partial charge in [0, 0.05) is 24.5 Å². The molecule has 0 bridgehead atoms. The number of aliphatic hydroxyl groups excluding tert-OH is 3. The Morgan fingerprint density at radius 2 is 1.86 bits per heavy atom. The van der Waals surface area contributed by atoms with Crippen molar-refractivity contribution in [3.63, 3.8) is 0 Å². The van der Waals surface area contributed by atoms with Crippen LogP contribution in [0.5, 0.6) is 11.5 Å². The molecule has 0 aromatic heterocycles. The van der Waals surface area contributed by atoms with Crippen LogP contribution in [0.1, 0.15) is 12.0 Å². The van der Waals surface area contributed by atoms with Crippen LogP contribution < -0.4 is 15.2 Å². The van der Waals surface area contributed by atoms with E-state index in [-0.39, 0.29) is 35.4 Å². The Hall–Kier alpha value is -4.11. The van der Waals surface area contributed by atoms with Crippen LogP contribution in [0.25, 0.3) is 0 Å². The normalized spacial score (nSPS) is 30.8. The number of carbonyl (C=O) groups excluding carboxylic acids is 1. The van der Waals surface area contributed by atoms with Gasteiger partial charge in [-0.15, -0.1) is 0 Å². The molecule has 1 fully saturated rings. The fraction of sp³-hybridized carbons (Fsp3) is 0.417. The van der Waals surface area contributed by atoms with E-state index in [0.717, 1.165) is 6.07 Å². The van der Waals surface area contributed by atoms with E-state index in [9.17, 15) is 58.5 Å². The van der Waals surface area contributed by atoms with E-state index in [0.29, 0.717) is 0 Å². The Labute approximate surface area is 241 Å². The quantitative estimate of drug-likeness (QED) is 0.0956. The molecule has 234 valence electrons. The zero-order chi connectivity index (χ0) is 31.8. The highest BCUT2D eigenvalue weighted by molar-refractivity contribution is 7.80. The predicted octanol–water partition coefficient (Wildman–Crippen LogP) is -3.87. The minimum absolute atomic E-state index is 0.132. The molecule has 43 heavy (non-hydrogen) atoms. The highest BCUT2D eigenvalue weighted by Gasteiger charge is 2.49. The maximum absolute atomic E-state index is 11.9. The molecule has 18 nitrogen and oxygen atoms in total. The zero-order valence-electron chi connectivity index (χ0n) is 21.7. The number of fused-ring (bicyclic) bond motifs is 1. The maximum Gasteiger partial charge on any atom is 0.397 e. The lowest BCUT2D eigenvalue weighted by Gasteiger charge is -2.40. The number of nitrogens with one attached hydrogen (secondary N) is 1. The zero-order valence-corrected chi connectivity index (χ0v) is 22.5. The van der Waals surface area contributed by atoms with Gasteiger partial charge in [-0.25, -0.2) is 13.8 Å². The number of carbonyl (C=O) groups is 3. The minimum Gasteiger partial charge on any atom is -0.543 e. The Morgan fingerprint density at radius 1 is 1.16 bits per heavy atom. The van der Waals surface area contributed by atoms with Gasteiger partial charge in [-0.3, -0.25) is 4.55 Å². The predicted molar refractivity (Wildman–Crippen MR) is 134 cm³/mol. The third-order valence-electron chi connectivity index (χ3n) is 6.83. The molecule has 1 aromatic carbocycles. The summed E-state index contributed by atoms with van der Waals surface area (Å²) < 4.78 is 47.6. The van der Waals surface area contributed by atoms with Crippen LogP contribution in [0.3, 0.4) is 0 Å². The number of phenols is 1. The van der Waals surface area contributed by atoms with Crippen molar-refractivity contribution in [2.24, 2.45) is 0 Å². The summed E-state index contributed by atoms with van der Waals surface area (Å²) in [5.41, 5.74) is 0.262. The molecule has 4 rings (SSSR count). The van der Waals surface area contributed by atoms with E-state index in [1.165, 1.54) is 29.0 Å². The number of carboxylic acids is 3. The summed E-state index contributed by atoms with van der Waals surface area (Å²) in [4.78, 5) is 34.8. The molecule has 19 heteroatoms. The number of allylic oxidation sites excluding steroid dienone is 2. The lowest BCUT2D eigenvalue weighted by atomic mass is 9.99. The molecule has 3 aliphatic heterocycles. The van der Waals surface area contributed by atoms with Crippen LogP contribution in [0.4, 0.5) is 5.69 Å². The van der Waals surface area contributed by atoms with Gasteiger partial charge < -0.3 is 55.3 Å². The number of aromatic hydroxyl groups is 1. The lowest BCUT2D eigenvalue weighted by Crippen LogP contribution is -2.61. The van der Waals surface area contributed by atoms with Crippen molar-refractivity contribution in [1.29, 1.82) is 0 Å². The number of carboxylic acid groups (broad SMARTS) is 3. The number of phenolic OH excluding ortho intramolecular Hbond substituents is 1. The second-order valence-corrected chi connectivity index (χ2v) is 10.7. The monoisotopic (exact) mass is 630 g/mol. The van der Waals surface area contributed by atoms with Gasteiger partial charge in [-0.2, -0.15) is 13.0 Å².